The Morgan fingerprint density at radius 1 is 1.19 bits per heavy atom. The van der Waals surface area contributed by atoms with Crippen LogP contribution in [0.5, 0.6) is 0 Å². The summed E-state index contributed by atoms with van der Waals surface area (Å²) in [4.78, 5) is 30.0. The minimum atomic E-state index is -0.0867. The summed E-state index contributed by atoms with van der Waals surface area (Å²) >= 11 is 2.71. The first-order valence-corrected chi connectivity index (χ1v) is 11.1. The highest BCUT2D eigenvalue weighted by Gasteiger charge is 2.18. The van der Waals surface area contributed by atoms with Crippen molar-refractivity contribution in [3.63, 3.8) is 0 Å². The normalized spacial score (nSPS) is 15.1. The van der Waals surface area contributed by atoms with Crippen LogP contribution in [0.4, 0.5) is 0 Å². The smallest absolute Gasteiger partial charge is 0.276 e. The van der Waals surface area contributed by atoms with Gasteiger partial charge in [-0.2, -0.15) is 0 Å². The van der Waals surface area contributed by atoms with Gasteiger partial charge < -0.3 is 5.32 Å². The molecule has 0 atom stereocenters. The van der Waals surface area contributed by atoms with Gasteiger partial charge in [-0.1, -0.05) is 49.2 Å². The van der Waals surface area contributed by atoms with Crippen LogP contribution in [0, 0.1) is 0 Å². The van der Waals surface area contributed by atoms with Crippen LogP contribution in [0.3, 0.4) is 0 Å². The lowest BCUT2D eigenvalue weighted by molar-refractivity contribution is -0.119. The van der Waals surface area contributed by atoms with Crippen molar-refractivity contribution < 1.29 is 4.79 Å². The third-order valence-corrected chi connectivity index (χ3v) is 6.60. The second-order valence-corrected chi connectivity index (χ2v) is 8.56. The van der Waals surface area contributed by atoms with E-state index in [2.05, 4.69) is 10.3 Å². The molecule has 2 aromatic heterocycles. The number of benzene rings is 1. The first-order valence-electron chi connectivity index (χ1n) is 9.20. The summed E-state index contributed by atoms with van der Waals surface area (Å²) in [5.74, 6) is 0.261. The Bertz CT molecular complexity index is 991. The van der Waals surface area contributed by atoms with E-state index in [0.717, 1.165) is 18.5 Å². The molecule has 0 saturated heterocycles. The number of rotatable bonds is 5. The standard InChI is InChI=1S/C20H21N3O2S2/c24-17(21-14-7-3-1-4-8-14)13-27-20-22-16-11-12-26-18(16)19(25)23(20)15-9-5-2-6-10-15/h2,5-6,9-12,14H,1,3-4,7-8,13H2,(H,21,24). The van der Waals surface area contributed by atoms with E-state index in [1.54, 1.807) is 4.57 Å². The number of para-hydroxylation sites is 1. The predicted octanol–water partition coefficient (Wildman–Crippen LogP) is 3.99. The zero-order chi connectivity index (χ0) is 18.6. The molecular formula is C20H21N3O2S2. The Morgan fingerprint density at radius 2 is 1.96 bits per heavy atom. The van der Waals surface area contributed by atoms with Crippen LogP contribution in [-0.2, 0) is 4.79 Å². The molecule has 7 heteroatoms. The zero-order valence-electron chi connectivity index (χ0n) is 14.9. The summed E-state index contributed by atoms with van der Waals surface area (Å²) < 4.78 is 2.24. The number of amides is 1. The van der Waals surface area contributed by atoms with E-state index in [-0.39, 0.29) is 23.3 Å². The molecular weight excluding hydrogens is 378 g/mol. The van der Waals surface area contributed by atoms with Gasteiger partial charge in [0.25, 0.3) is 5.56 Å². The monoisotopic (exact) mass is 399 g/mol. The van der Waals surface area contributed by atoms with Gasteiger partial charge in [-0.25, -0.2) is 4.98 Å². The van der Waals surface area contributed by atoms with Gasteiger partial charge in [0.2, 0.25) is 5.91 Å². The molecule has 3 aromatic rings. The first-order chi connectivity index (χ1) is 13.2. The molecule has 2 heterocycles. The Hall–Kier alpha value is -2.12. The van der Waals surface area contributed by atoms with Crippen molar-refractivity contribution in [1.82, 2.24) is 14.9 Å². The lowest BCUT2D eigenvalue weighted by Crippen LogP contribution is -2.37. The lowest BCUT2D eigenvalue weighted by Gasteiger charge is -2.22. The summed E-state index contributed by atoms with van der Waals surface area (Å²) in [6.45, 7) is 0. The largest absolute Gasteiger partial charge is 0.353 e. The Labute approximate surface area is 165 Å². The van der Waals surface area contributed by atoms with Crippen molar-refractivity contribution in [2.24, 2.45) is 0 Å². The Kier molecular flexibility index (Phi) is 5.59. The van der Waals surface area contributed by atoms with Gasteiger partial charge in [0.1, 0.15) is 4.70 Å². The molecule has 0 spiro atoms. The Balaban J connectivity index is 1.58. The van der Waals surface area contributed by atoms with Crippen LogP contribution in [0.2, 0.25) is 0 Å². The number of carbonyl (C=O) groups is 1. The van der Waals surface area contributed by atoms with E-state index < -0.39 is 0 Å². The highest BCUT2D eigenvalue weighted by molar-refractivity contribution is 7.99. The van der Waals surface area contributed by atoms with E-state index in [4.69, 9.17) is 0 Å². The molecule has 0 unspecified atom stereocenters. The van der Waals surface area contributed by atoms with Crippen LogP contribution in [0.1, 0.15) is 32.1 Å². The summed E-state index contributed by atoms with van der Waals surface area (Å²) in [7, 11) is 0. The molecule has 1 saturated carbocycles. The third-order valence-electron chi connectivity index (χ3n) is 4.77. The molecule has 1 aliphatic carbocycles. The summed E-state index contributed by atoms with van der Waals surface area (Å²) in [5, 5.41) is 5.55. The number of fused-ring (bicyclic) bond motifs is 1. The van der Waals surface area contributed by atoms with Gasteiger partial charge in [-0.3, -0.25) is 14.2 Å². The Morgan fingerprint density at radius 3 is 2.74 bits per heavy atom. The van der Waals surface area contributed by atoms with E-state index in [1.807, 2.05) is 41.8 Å². The molecule has 0 radical (unpaired) electrons. The molecule has 5 nitrogen and oxygen atoms in total. The zero-order valence-corrected chi connectivity index (χ0v) is 16.5. The topological polar surface area (TPSA) is 64.0 Å². The maximum absolute atomic E-state index is 13.0. The molecule has 4 rings (SSSR count). The third kappa shape index (κ3) is 4.09. The second kappa shape index (κ2) is 8.27. The number of thiophene rings is 1. The lowest BCUT2D eigenvalue weighted by atomic mass is 9.95. The quantitative estimate of drug-likeness (QED) is 0.520. The van der Waals surface area contributed by atoms with E-state index in [1.165, 1.54) is 42.4 Å². The number of hydrogen-bond donors (Lipinski definition) is 1. The fourth-order valence-corrected chi connectivity index (χ4v) is 5.02. The van der Waals surface area contributed by atoms with Crippen LogP contribution in [-0.4, -0.2) is 27.3 Å². The average molecular weight is 400 g/mol. The molecule has 0 aliphatic heterocycles. The molecule has 1 aromatic carbocycles. The predicted molar refractivity (Wildman–Crippen MR) is 111 cm³/mol. The first kappa shape index (κ1) is 18.3. The molecule has 0 bridgehead atoms. The highest BCUT2D eigenvalue weighted by Crippen LogP contribution is 2.24. The van der Waals surface area contributed by atoms with Crippen molar-refractivity contribution in [3.05, 3.63) is 52.1 Å². The van der Waals surface area contributed by atoms with Crippen LogP contribution < -0.4 is 10.9 Å². The maximum atomic E-state index is 13.0. The number of thioether (sulfide) groups is 1. The summed E-state index contributed by atoms with van der Waals surface area (Å²) in [6, 6.07) is 11.6. The van der Waals surface area contributed by atoms with Crippen LogP contribution in [0.15, 0.2) is 51.7 Å². The van der Waals surface area contributed by atoms with Gasteiger partial charge in [0.05, 0.1) is 17.0 Å². The summed E-state index contributed by atoms with van der Waals surface area (Å²) in [5.41, 5.74) is 1.37. The van der Waals surface area contributed by atoms with E-state index in [0.29, 0.717) is 15.4 Å². The molecule has 1 amide bonds. The number of aromatic nitrogens is 2. The van der Waals surface area contributed by atoms with Crippen molar-refractivity contribution in [3.8, 4) is 5.69 Å². The maximum Gasteiger partial charge on any atom is 0.276 e. The number of nitrogens with one attached hydrogen (secondary N) is 1. The molecule has 1 fully saturated rings. The molecule has 27 heavy (non-hydrogen) atoms. The van der Waals surface area contributed by atoms with Gasteiger partial charge in [0.15, 0.2) is 5.16 Å². The van der Waals surface area contributed by atoms with Crippen molar-refractivity contribution in [1.29, 1.82) is 0 Å². The summed E-state index contributed by atoms with van der Waals surface area (Å²) in [6.07, 6.45) is 5.74. The van der Waals surface area contributed by atoms with Crippen LogP contribution in [0.25, 0.3) is 15.9 Å². The number of nitrogens with zero attached hydrogens (tertiary/aromatic N) is 2. The molecule has 140 valence electrons. The average Bonchev–Trinajstić information content (AvgIpc) is 3.17. The van der Waals surface area contributed by atoms with Crippen molar-refractivity contribution >= 4 is 39.2 Å². The number of hydrogen-bond acceptors (Lipinski definition) is 5. The van der Waals surface area contributed by atoms with Gasteiger partial charge >= 0.3 is 0 Å². The fourth-order valence-electron chi connectivity index (χ4n) is 3.44. The minimum absolute atomic E-state index is 0.00572. The highest BCUT2D eigenvalue weighted by atomic mass is 32.2. The van der Waals surface area contributed by atoms with Gasteiger partial charge in [-0.05, 0) is 36.4 Å². The SMILES string of the molecule is O=C(CSc1nc2ccsc2c(=O)n1-c1ccccc1)NC1CCCCC1. The number of carbonyl (C=O) groups excluding carboxylic acids is 1. The van der Waals surface area contributed by atoms with E-state index >= 15 is 0 Å². The van der Waals surface area contributed by atoms with Crippen molar-refractivity contribution in [2.75, 3.05) is 5.75 Å². The van der Waals surface area contributed by atoms with Crippen molar-refractivity contribution in [2.45, 2.75) is 43.3 Å². The van der Waals surface area contributed by atoms with E-state index in [9.17, 15) is 9.59 Å². The van der Waals surface area contributed by atoms with Crippen LogP contribution >= 0.6 is 23.1 Å². The molecule has 1 N–H and O–H groups in total. The van der Waals surface area contributed by atoms with Gasteiger partial charge in [0, 0.05) is 6.04 Å². The fraction of sp³-hybridized carbons (Fsp3) is 0.350. The second-order valence-electron chi connectivity index (χ2n) is 6.70. The van der Waals surface area contributed by atoms with Gasteiger partial charge in [-0.15, -0.1) is 11.3 Å². The minimum Gasteiger partial charge on any atom is -0.353 e. The molecule has 1 aliphatic rings.